The topological polar surface area (TPSA) is 65.4 Å². The standard InChI is InChI=1S/C24H31N3O3/c1-5-7-15-29-19-13-14-20(30-16-8-6-2)23-22(19)26-21(24(28)27(23)4)17-11-9-10-12-18(17)25-3/h9-14,25H,5-8,15-16H2,1-4H3. The third kappa shape index (κ3) is 4.42. The molecule has 0 atom stereocenters. The van der Waals surface area contributed by atoms with Crippen molar-refractivity contribution < 1.29 is 9.47 Å². The first kappa shape index (κ1) is 21.7. The molecule has 2 aromatic carbocycles. The number of anilines is 1. The Morgan fingerprint density at radius 1 is 0.967 bits per heavy atom. The van der Waals surface area contributed by atoms with Crippen molar-refractivity contribution in [3.05, 3.63) is 46.8 Å². The normalized spacial score (nSPS) is 10.9. The average molecular weight is 410 g/mol. The molecule has 0 aliphatic rings. The van der Waals surface area contributed by atoms with Crippen molar-refractivity contribution >= 4 is 16.7 Å². The van der Waals surface area contributed by atoms with Crippen LogP contribution in [-0.2, 0) is 7.05 Å². The largest absolute Gasteiger partial charge is 0.491 e. The molecule has 6 heteroatoms. The molecule has 0 amide bonds. The molecule has 1 N–H and O–H groups in total. The fraction of sp³-hybridized carbons (Fsp3) is 0.417. The highest BCUT2D eigenvalue weighted by atomic mass is 16.5. The highest BCUT2D eigenvalue weighted by Crippen LogP contribution is 2.33. The Morgan fingerprint density at radius 3 is 2.27 bits per heavy atom. The zero-order valence-electron chi connectivity index (χ0n) is 18.3. The molecule has 160 valence electrons. The predicted octanol–water partition coefficient (Wildman–Crippen LogP) is 5.00. The number of hydrogen-bond acceptors (Lipinski definition) is 5. The Morgan fingerprint density at radius 2 is 1.60 bits per heavy atom. The highest BCUT2D eigenvalue weighted by Gasteiger charge is 2.19. The number of nitrogens with one attached hydrogen (secondary N) is 1. The van der Waals surface area contributed by atoms with Crippen molar-refractivity contribution in [3.63, 3.8) is 0 Å². The minimum atomic E-state index is -0.170. The summed E-state index contributed by atoms with van der Waals surface area (Å²) in [5, 5.41) is 3.15. The summed E-state index contributed by atoms with van der Waals surface area (Å²) in [6, 6.07) is 11.4. The number of aryl methyl sites for hydroxylation is 1. The number of nitrogens with zero attached hydrogens (tertiary/aromatic N) is 2. The van der Waals surface area contributed by atoms with E-state index in [2.05, 4.69) is 19.2 Å². The fourth-order valence-corrected chi connectivity index (χ4v) is 3.36. The second-order valence-corrected chi connectivity index (χ2v) is 7.28. The van der Waals surface area contributed by atoms with E-state index in [0.717, 1.165) is 36.9 Å². The number of benzene rings is 2. The molecule has 0 saturated carbocycles. The molecule has 1 heterocycles. The Bertz CT molecular complexity index is 1060. The first-order valence-corrected chi connectivity index (χ1v) is 10.7. The lowest BCUT2D eigenvalue weighted by molar-refractivity contribution is 0.304. The molecule has 0 radical (unpaired) electrons. The lowest BCUT2D eigenvalue weighted by atomic mass is 10.1. The molecular weight excluding hydrogens is 378 g/mol. The summed E-state index contributed by atoms with van der Waals surface area (Å²) < 4.78 is 13.7. The van der Waals surface area contributed by atoms with E-state index < -0.39 is 0 Å². The third-order valence-electron chi connectivity index (χ3n) is 5.11. The molecule has 6 nitrogen and oxygen atoms in total. The summed E-state index contributed by atoms with van der Waals surface area (Å²) in [5.41, 5.74) is 3.14. The van der Waals surface area contributed by atoms with Crippen molar-refractivity contribution in [1.82, 2.24) is 9.55 Å². The summed E-state index contributed by atoms with van der Waals surface area (Å²) in [7, 11) is 3.60. The van der Waals surface area contributed by atoms with Crippen LogP contribution in [0.3, 0.4) is 0 Å². The average Bonchev–Trinajstić information content (AvgIpc) is 2.77. The van der Waals surface area contributed by atoms with Gasteiger partial charge in [0.2, 0.25) is 0 Å². The van der Waals surface area contributed by atoms with Crippen LogP contribution in [0.4, 0.5) is 5.69 Å². The Labute approximate surface area is 177 Å². The molecule has 0 saturated heterocycles. The van der Waals surface area contributed by atoms with Gasteiger partial charge in [0.1, 0.15) is 28.2 Å². The molecule has 0 aliphatic heterocycles. The van der Waals surface area contributed by atoms with E-state index in [1.807, 2.05) is 43.4 Å². The van der Waals surface area contributed by atoms with Gasteiger partial charge in [0.15, 0.2) is 0 Å². The van der Waals surface area contributed by atoms with Gasteiger partial charge in [-0.15, -0.1) is 0 Å². The van der Waals surface area contributed by atoms with E-state index in [9.17, 15) is 4.79 Å². The van der Waals surface area contributed by atoms with Crippen LogP contribution in [0.15, 0.2) is 41.2 Å². The van der Waals surface area contributed by atoms with E-state index in [1.54, 1.807) is 11.6 Å². The number of unbranched alkanes of at least 4 members (excludes halogenated alkanes) is 2. The summed E-state index contributed by atoms with van der Waals surface area (Å²) >= 11 is 0. The van der Waals surface area contributed by atoms with Crippen LogP contribution in [0, 0.1) is 0 Å². The first-order valence-electron chi connectivity index (χ1n) is 10.7. The van der Waals surface area contributed by atoms with Crippen molar-refractivity contribution in [2.45, 2.75) is 39.5 Å². The SMILES string of the molecule is CCCCOc1ccc(OCCCC)c2c1nc(-c1ccccc1NC)c(=O)n2C. The zero-order valence-corrected chi connectivity index (χ0v) is 18.3. The number of aromatic nitrogens is 2. The monoisotopic (exact) mass is 409 g/mol. The van der Waals surface area contributed by atoms with Gasteiger partial charge >= 0.3 is 0 Å². The van der Waals surface area contributed by atoms with Crippen molar-refractivity contribution in [1.29, 1.82) is 0 Å². The molecular formula is C24H31N3O3. The van der Waals surface area contributed by atoms with Crippen molar-refractivity contribution in [2.24, 2.45) is 7.05 Å². The maximum atomic E-state index is 13.3. The van der Waals surface area contributed by atoms with E-state index in [-0.39, 0.29) is 5.56 Å². The van der Waals surface area contributed by atoms with Gasteiger partial charge in [-0.05, 0) is 31.0 Å². The lowest BCUT2D eigenvalue weighted by Crippen LogP contribution is -2.22. The first-order chi connectivity index (χ1) is 14.6. The molecule has 30 heavy (non-hydrogen) atoms. The summed E-state index contributed by atoms with van der Waals surface area (Å²) in [6.45, 7) is 5.45. The van der Waals surface area contributed by atoms with Crippen LogP contribution in [0.25, 0.3) is 22.3 Å². The zero-order chi connectivity index (χ0) is 21.5. The quantitative estimate of drug-likeness (QED) is 0.477. The maximum absolute atomic E-state index is 13.3. The van der Waals surface area contributed by atoms with E-state index >= 15 is 0 Å². The van der Waals surface area contributed by atoms with Gasteiger partial charge in [-0.3, -0.25) is 4.79 Å². The lowest BCUT2D eigenvalue weighted by Gasteiger charge is -2.17. The van der Waals surface area contributed by atoms with Gasteiger partial charge in [0.25, 0.3) is 5.56 Å². The minimum absolute atomic E-state index is 0.170. The van der Waals surface area contributed by atoms with Crippen LogP contribution in [0.2, 0.25) is 0 Å². The molecule has 0 aliphatic carbocycles. The van der Waals surface area contributed by atoms with Gasteiger partial charge in [-0.1, -0.05) is 44.9 Å². The third-order valence-corrected chi connectivity index (χ3v) is 5.11. The summed E-state index contributed by atoms with van der Waals surface area (Å²) in [6.07, 6.45) is 3.99. The van der Waals surface area contributed by atoms with Gasteiger partial charge in [-0.25, -0.2) is 4.98 Å². The number of para-hydroxylation sites is 1. The van der Waals surface area contributed by atoms with Gasteiger partial charge in [0, 0.05) is 25.3 Å². The minimum Gasteiger partial charge on any atom is -0.491 e. The second-order valence-electron chi connectivity index (χ2n) is 7.28. The van der Waals surface area contributed by atoms with Crippen LogP contribution < -0.4 is 20.3 Å². The number of fused-ring (bicyclic) bond motifs is 1. The smallest absolute Gasteiger partial charge is 0.277 e. The van der Waals surface area contributed by atoms with E-state index in [1.165, 1.54) is 0 Å². The van der Waals surface area contributed by atoms with Crippen LogP contribution >= 0.6 is 0 Å². The fourth-order valence-electron chi connectivity index (χ4n) is 3.36. The Hall–Kier alpha value is -3.02. The Balaban J connectivity index is 2.22. The molecule has 3 aromatic rings. The van der Waals surface area contributed by atoms with Crippen molar-refractivity contribution in [2.75, 3.05) is 25.6 Å². The molecule has 1 aromatic heterocycles. The van der Waals surface area contributed by atoms with E-state index in [4.69, 9.17) is 14.5 Å². The van der Waals surface area contributed by atoms with Gasteiger partial charge in [-0.2, -0.15) is 0 Å². The van der Waals surface area contributed by atoms with Gasteiger partial charge < -0.3 is 19.4 Å². The van der Waals surface area contributed by atoms with Crippen molar-refractivity contribution in [3.8, 4) is 22.8 Å². The van der Waals surface area contributed by atoms with Crippen LogP contribution in [0.5, 0.6) is 11.5 Å². The highest BCUT2D eigenvalue weighted by molar-refractivity contribution is 5.89. The number of ether oxygens (including phenoxy) is 2. The summed E-state index contributed by atoms with van der Waals surface area (Å²) in [4.78, 5) is 18.1. The molecule has 3 rings (SSSR count). The molecule has 0 fully saturated rings. The maximum Gasteiger partial charge on any atom is 0.277 e. The molecule has 0 bridgehead atoms. The second kappa shape index (κ2) is 10.1. The van der Waals surface area contributed by atoms with Gasteiger partial charge in [0.05, 0.1) is 13.2 Å². The van der Waals surface area contributed by atoms with Crippen LogP contribution in [0.1, 0.15) is 39.5 Å². The molecule has 0 unspecified atom stereocenters. The number of hydrogen-bond donors (Lipinski definition) is 1. The van der Waals surface area contributed by atoms with E-state index in [0.29, 0.717) is 41.4 Å². The molecule has 0 spiro atoms. The Kier molecular flexibility index (Phi) is 7.33. The predicted molar refractivity (Wildman–Crippen MR) is 123 cm³/mol. The number of rotatable bonds is 10. The van der Waals surface area contributed by atoms with Crippen LogP contribution in [-0.4, -0.2) is 29.8 Å². The summed E-state index contributed by atoms with van der Waals surface area (Å²) in [5.74, 6) is 1.32.